The van der Waals surface area contributed by atoms with E-state index in [1.165, 1.54) is 31.4 Å². The van der Waals surface area contributed by atoms with Crippen LogP contribution in [0.5, 0.6) is 0 Å². The zero-order valence-corrected chi connectivity index (χ0v) is 13.5. The van der Waals surface area contributed by atoms with Gasteiger partial charge < -0.3 is 5.73 Å². The summed E-state index contributed by atoms with van der Waals surface area (Å²) in [7, 11) is 0. The van der Waals surface area contributed by atoms with E-state index in [0.29, 0.717) is 25.1 Å². The monoisotopic (exact) mass is 326 g/mol. The fourth-order valence-electron chi connectivity index (χ4n) is 4.01. The van der Waals surface area contributed by atoms with Gasteiger partial charge in [0.15, 0.2) is 0 Å². The van der Waals surface area contributed by atoms with Gasteiger partial charge in [0.05, 0.1) is 5.56 Å². The number of alkyl halides is 3. The van der Waals surface area contributed by atoms with Crippen LogP contribution in [0.2, 0.25) is 0 Å². The lowest BCUT2D eigenvalue weighted by Gasteiger charge is -2.37. The molecule has 1 aromatic carbocycles. The number of halogens is 3. The maximum Gasteiger partial charge on any atom is 0.416 e. The van der Waals surface area contributed by atoms with Gasteiger partial charge in [-0.15, -0.1) is 0 Å². The zero-order valence-electron chi connectivity index (χ0n) is 13.5. The summed E-state index contributed by atoms with van der Waals surface area (Å²) in [6, 6.07) is 4.55. The molecule has 0 atom stereocenters. The molecular formula is C18H25F3N2. The Balaban J connectivity index is 1.64. The number of hydrogen-bond donors (Lipinski definition) is 1. The fraction of sp³-hybridized carbons (Fsp3) is 0.667. The van der Waals surface area contributed by atoms with Crippen molar-refractivity contribution in [3.8, 4) is 0 Å². The molecule has 5 heteroatoms. The maximum atomic E-state index is 13.1. The van der Waals surface area contributed by atoms with Gasteiger partial charge in [0.1, 0.15) is 0 Å². The number of nitrogens with two attached hydrogens (primary N) is 1. The lowest BCUT2D eigenvalue weighted by Crippen LogP contribution is -2.45. The number of nitrogens with zero attached hydrogens (tertiary/aromatic N) is 1. The van der Waals surface area contributed by atoms with E-state index in [1.807, 2.05) is 6.07 Å². The molecule has 0 spiro atoms. The first-order valence-electron chi connectivity index (χ1n) is 8.57. The minimum Gasteiger partial charge on any atom is -0.325 e. The second kappa shape index (κ2) is 6.44. The molecule has 1 aliphatic heterocycles. The second-order valence-corrected chi connectivity index (χ2v) is 7.14. The Morgan fingerprint density at radius 3 is 2.57 bits per heavy atom. The van der Waals surface area contributed by atoms with E-state index in [4.69, 9.17) is 5.73 Å². The number of fused-ring (bicyclic) bond motifs is 1. The van der Waals surface area contributed by atoms with Crippen LogP contribution in [0.1, 0.15) is 55.2 Å². The van der Waals surface area contributed by atoms with Gasteiger partial charge in [0.2, 0.25) is 0 Å². The predicted molar refractivity (Wildman–Crippen MR) is 85.0 cm³/mol. The van der Waals surface area contributed by atoms with Crippen molar-refractivity contribution in [1.29, 1.82) is 0 Å². The lowest BCUT2D eigenvalue weighted by molar-refractivity contribution is -0.138. The van der Waals surface area contributed by atoms with Crippen molar-refractivity contribution in [3.05, 3.63) is 34.9 Å². The molecule has 1 aliphatic carbocycles. The Morgan fingerprint density at radius 2 is 1.87 bits per heavy atom. The molecular weight excluding hydrogens is 301 g/mol. The summed E-state index contributed by atoms with van der Waals surface area (Å²) in [6.45, 7) is 2.18. The van der Waals surface area contributed by atoms with E-state index in [-0.39, 0.29) is 5.54 Å². The van der Waals surface area contributed by atoms with Crippen LogP contribution in [-0.2, 0) is 19.1 Å². The Hall–Kier alpha value is -1.07. The molecule has 1 saturated carbocycles. The van der Waals surface area contributed by atoms with Gasteiger partial charge in [0.25, 0.3) is 0 Å². The first-order valence-corrected chi connectivity index (χ1v) is 8.57. The third-order valence-electron chi connectivity index (χ3n) is 5.43. The van der Waals surface area contributed by atoms with Crippen LogP contribution >= 0.6 is 0 Å². The van der Waals surface area contributed by atoms with Crippen LogP contribution in [0.3, 0.4) is 0 Å². The molecule has 2 N–H and O–H groups in total. The van der Waals surface area contributed by atoms with E-state index < -0.39 is 11.7 Å². The highest BCUT2D eigenvalue weighted by Gasteiger charge is 2.35. The summed E-state index contributed by atoms with van der Waals surface area (Å²) < 4.78 is 39.3. The molecule has 0 unspecified atom stereocenters. The van der Waals surface area contributed by atoms with Gasteiger partial charge in [-0.05, 0) is 42.9 Å². The van der Waals surface area contributed by atoms with Crippen LogP contribution in [0.25, 0.3) is 0 Å². The minimum absolute atomic E-state index is 0.0631. The van der Waals surface area contributed by atoms with Crippen molar-refractivity contribution in [2.45, 2.75) is 63.2 Å². The van der Waals surface area contributed by atoms with Crippen molar-refractivity contribution in [1.82, 2.24) is 4.90 Å². The number of benzene rings is 1. The minimum atomic E-state index is -4.25. The Labute approximate surface area is 135 Å². The molecule has 1 heterocycles. The average Bonchev–Trinajstić information content (AvgIpc) is 2.52. The summed E-state index contributed by atoms with van der Waals surface area (Å²) in [5, 5.41) is 0. The highest BCUT2D eigenvalue weighted by molar-refractivity contribution is 5.38. The smallest absolute Gasteiger partial charge is 0.325 e. The first-order chi connectivity index (χ1) is 10.9. The van der Waals surface area contributed by atoms with E-state index in [9.17, 15) is 13.2 Å². The molecule has 2 aliphatic rings. The highest BCUT2D eigenvalue weighted by Crippen LogP contribution is 2.36. The largest absolute Gasteiger partial charge is 0.416 e. The molecule has 0 radical (unpaired) electrons. The highest BCUT2D eigenvalue weighted by atomic mass is 19.4. The van der Waals surface area contributed by atoms with Crippen molar-refractivity contribution >= 4 is 0 Å². The van der Waals surface area contributed by atoms with Gasteiger partial charge >= 0.3 is 6.18 Å². The Bertz CT molecular complexity index is 548. The quantitative estimate of drug-likeness (QED) is 0.905. The standard InChI is InChI=1S/C18H25F3N2/c19-18(20,21)16-6-4-5-14-13-23(11-7-15(14)16)12-10-17(22)8-2-1-3-9-17/h4-6H,1-3,7-13,22H2. The molecule has 128 valence electrons. The second-order valence-electron chi connectivity index (χ2n) is 7.14. The van der Waals surface area contributed by atoms with Crippen LogP contribution in [-0.4, -0.2) is 23.5 Å². The van der Waals surface area contributed by atoms with E-state index in [2.05, 4.69) is 4.90 Å². The summed E-state index contributed by atoms with van der Waals surface area (Å²) in [6.07, 6.45) is 3.00. The molecule has 3 rings (SSSR count). The Kier molecular flexibility index (Phi) is 4.70. The van der Waals surface area contributed by atoms with Crippen LogP contribution < -0.4 is 5.73 Å². The average molecular weight is 326 g/mol. The SMILES string of the molecule is NC1(CCN2CCc3c(cccc3C(F)(F)F)C2)CCCCC1. The predicted octanol–water partition coefficient (Wildman–Crippen LogP) is 4.12. The van der Waals surface area contributed by atoms with Gasteiger partial charge in [-0.3, -0.25) is 4.90 Å². The normalized spacial score (nSPS) is 21.9. The fourth-order valence-corrected chi connectivity index (χ4v) is 4.01. The first kappa shape index (κ1) is 16.8. The molecule has 0 bridgehead atoms. The van der Waals surface area contributed by atoms with Crippen molar-refractivity contribution in [2.75, 3.05) is 13.1 Å². The van der Waals surface area contributed by atoms with Crippen LogP contribution in [0.15, 0.2) is 18.2 Å². The molecule has 0 aromatic heterocycles. The third-order valence-corrected chi connectivity index (χ3v) is 5.43. The molecule has 0 amide bonds. The van der Waals surface area contributed by atoms with Crippen LogP contribution in [0.4, 0.5) is 13.2 Å². The van der Waals surface area contributed by atoms with Crippen LogP contribution in [0, 0.1) is 0 Å². The lowest BCUT2D eigenvalue weighted by atomic mass is 9.80. The third kappa shape index (κ3) is 3.89. The molecule has 0 saturated heterocycles. The summed E-state index contributed by atoms with van der Waals surface area (Å²) in [5.74, 6) is 0. The zero-order chi connectivity index (χ0) is 16.5. The van der Waals surface area contributed by atoms with Gasteiger partial charge in [0, 0.05) is 25.2 Å². The molecule has 23 heavy (non-hydrogen) atoms. The summed E-state index contributed by atoms with van der Waals surface area (Å²) >= 11 is 0. The summed E-state index contributed by atoms with van der Waals surface area (Å²) in [5.41, 5.74) is 7.26. The van der Waals surface area contributed by atoms with Gasteiger partial charge in [-0.1, -0.05) is 31.4 Å². The van der Waals surface area contributed by atoms with Crippen molar-refractivity contribution in [3.63, 3.8) is 0 Å². The number of rotatable bonds is 3. The van der Waals surface area contributed by atoms with Crippen molar-refractivity contribution in [2.24, 2.45) is 5.73 Å². The van der Waals surface area contributed by atoms with E-state index in [1.54, 1.807) is 0 Å². The van der Waals surface area contributed by atoms with Gasteiger partial charge in [-0.25, -0.2) is 0 Å². The topological polar surface area (TPSA) is 29.3 Å². The Morgan fingerprint density at radius 1 is 1.13 bits per heavy atom. The van der Waals surface area contributed by atoms with Crippen molar-refractivity contribution < 1.29 is 13.2 Å². The molecule has 1 aromatic rings. The molecule has 1 fully saturated rings. The van der Waals surface area contributed by atoms with E-state index in [0.717, 1.165) is 31.4 Å². The van der Waals surface area contributed by atoms with E-state index >= 15 is 0 Å². The molecule has 2 nitrogen and oxygen atoms in total. The summed E-state index contributed by atoms with van der Waals surface area (Å²) in [4.78, 5) is 2.26. The maximum absolute atomic E-state index is 13.1. The number of hydrogen-bond acceptors (Lipinski definition) is 2. The van der Waals surface area contributed by atoms with Gasteiger partial charge in [-0.2, -0.15) is 13.2 Å².